The Morgan fingerprint density at radius 1 is 0.897 bits per heavy atom. The predicted octanol–water partition coefficient (Wildman–Crippen LogP) is 4.51. The molecule has 1 heterocycles. The van der Waals surface area contributed by atoms with Crippen molar-refractivity contribution in [2.75, 3.05) is 32.7 Å². The number of amides is 2. The second-order valence-corrected chi connectivity index (χ2v) is 10.9. The molecule has 0 radical (unpaired) electrons. The Morgan fingerprint density at radius 2 is 1.59 bits per heavy atom. The van der Waals surface area contributed by atoms with E-state index in [-0.39, 0.29) is 11.8 Å². The van der Waals surface area contributed by atoms with Gasteiger partial charge in [-0.15, -0.1) is 0 Å². The van der Waals surface area contributed by atoms with E-state index in [4.69, 9.17) is 0 Å². The molecular formula is C33H40N4O2. The van der Waals surface area contributed by atoms with Crippen molar-refractivity contribution in [1.82, 2.24) is 20.9 Å². The highest BCUT2D eigenvalue weighted by molar-refractivity contribution is 5.98. The van der Waals surface area contributed by atoms with E-state index in [1.807, 2.05) is 47.4 Å². The van der Waals surface area contributed by atoms with Crippen LogP contribution in [0.4, 0.5) is 0 Å². The van der Waals surface area contributed by atoms with Crippen molar-refractivity contribution < 1.29 is 9.59 Å². The molecule has 1 saturated heterocycles. The number of benzene rings is 3. The summed E-state index contributed by atoms with van der Waals surface area (Å²) in [6, 6.07) is 26.6. The van der Waals surface area contributed by atoms with E-state index in [0.717, 1.165) is 43.6 Å². The van der Waals surface area contributed by atoms with Crippen molar-refractivity contribution in [1.29, 1.82) is 0 Å². The third kappa shape index (κ3) is 7.34. The molecule has 3 aromatic carbocycles. The monoisotopic (exact) mass is 524 g/mol. The minimum atomic E-state index is -0.509. The minimum absolute atomic E-state index is 0.0281. The number of nitrogens with one attached hydrogen (secondary N) is 3. The molecule has 1 aliphatic carbocycles. The van der Waals surface area contributed by atoms with Crippen molar-refractivity contribution in [2.24, 2.45) is 0 Å². The van der Waals surface area contributed by atoms with Gasteiger partial charge in [0.2, 0.25) is 5.91 Å². The van der Waals surface area contributed by atoms with Crippen LogP contribution in [0.2, 0.25) is 0 Å². The van der Waals surface area contributed by atoms with E-state index in [1.54, 1.807) is 0 Å². The van der Waals surface area contributed by atoms with Gasteiger partial charge in [-0.05, 0) is 68.0 Å². The summed E-state index contributed by atoms with van der Waals surface area (Å²) in [6.45, 7) is 6.00. The molecule has 0 aromatic heterocycles. The van der Waals surface area contributed by atoms with Crippen LogP contribution >= 0.6 is 0 Å². The fourth-order valence-electron chi connectivity index (χ4n) is 5.41. The van der Waals surface area contributed by atoms with Gasteiger partial charge in [0, 0.05) is 43.7 Å². The lowest BCUT2D eigenvalue weighted by atomic mass is 10.0. The summed E-state index contributed by atoms with van der Waals surface area (Å²) < 4.78 is 0. The van der Waals surface area contributed by atoms with Crippen LogP contribution in [-0.2, 0) is 4.79 Å². The normalized spacial score (nSPS) is 19.4. The maximum absolute atomic E-state index is 13.4. The standard InChI is InChI=1S/C33H40N4O2/c1-24-10-12-27(13-11-24)29-23-31(29)35-18-6-5-9-30(33(39)37-21-19-34-20-22-37)36-32(38)28-16-14-26(15-17-28)25-7-3-2-4-8-25/h2-4,7-8,10-17,29-31,34-35H,5-6,9,18-23H2,1H3,(H,36,38)/t29-,30-,31+/m0/s1. The molecule has 204 valence electrons. The molecule has 6 nitrogen and oxygen atoms in total. The summed E-state index contributed by atoms with van der Waals surface area (Å²) in [5.74, 6) is 0.445. The number of carbonyl (C=O) groups excluding carboxylic acids is 2. The Labute approximate surface area is 232 Å². The van der Waals surface area contributed by atoms with Gasteiger partial charge in [-0.25, -0.2) is 0 Å². The van der Waals surface area contributed by atoms with Crippen molar-refractivity contribution >= 4 is 11.8 Å². The number of carbonyl (C=O) groups is 2. The molecule has 0 bridgehead atoms. The SMILES string of the molecule is Cc1ccc([C@@H]2C[C@H]2NCCCC[C@H](NC(=O)c2ccc(-c3ccccc3)cc2)C(=O)N2CCNCC2)cc1. The number of rotatable bonds is 11. The zero-order valence-electron chi connectivity index (χ0n) is 22.9. The smallest absolute Gasteiger partial charge is 0.251 e. The average molecular weight is 525 g/mol. The zero-order valence-corrected chi connectivity index (χ0v) is 22.9. The van der Waals surface area contributed by atoms with Crippen LogP contribution in [0, 0.1) is 6.92 Å². The predicted molar refractivity (Wildman–Crippen MR) is 157 cm³/mol. The maximum Gasteiger partial charge on any atom is 0.251 e. The lowest BCUT2D eigenvalue weighted by molar-refractivity contribution is -0.134. The fourth-order valence-corrected chi connectivity index (χ4v) is 5.41. The van der Waals surface area contributed by atoms with Crippen LogP contribution in [-0.4, -0.2) is 61.5 Å². The molecule has 6 heteroatoms. The van der Waals surface area contributed by atoms with Crippen LogP contribution in [0.15, 0.2) is 78.9 Å². The van der Waals surface area contributed by atoms with Crippen LogP contribution in [0.25, 0.3) is 11.1 Å². The number of piperazine rings is 1. The second kappa shape index (κ2) is 13.0. The molecule has 3 N–H and O–H groups in total. The first kappa shape index (κ1) is 27.1. The molecule has 5 rings (SSSR count). The number of unbranched alkanes of at least 4 members (excludes halogenated alkanes) is 1. The van der Waals surface area contributed by atoms with Crippen molar-refractivity contribution in [2.45, 2.75) is 50.6 Å². The van der Waals surface area contributed by atoms with Crippen molar-refractivity contribution in [3.05, 3.63) is 95.6 Å². The molecule has 3 aromatic rings. The molecular weight excluding hydrogens is 484 g/mol. The molecule has 0 unspecified atom stereocenters. The van der Waals surface area contributed by atoms with Gasteiger partial charge in [-0.2, -0.15) is 0 Å². The highest BCUT2D eigenvalue weighted by Gasteiger charge is 2.37. The highest BCUT2D eigenvalue weighted by Crippen LogP contribution is 2.40. The van der Waals surface area contributed by atoms with Gasteiger partial charge >= 0.3 is 0 Å². The van der Waals surface area contributed by atoms with E-state index in [9.17, 15) is 9.59 Å². The van der Waals surface area contributed by atoms with Crippen LogP contribution in [0.1, 0.15) is 53.1 Å². The summed E-state index contributed by atoms with van der Waals surface area (Å²) in [5.41, 5.74) is 5.46. The molecule has 3 atom stereocenters. The molecule has 2 fully saturated rings. The number of aryl methyl sites for hydroxylation is 1. The Bertz CT molecular complexity index is 1220. The molecule has 1 aliphatic heterocycles. The van der Waals surface area contributed by atoms with Crippen LogP contribution in [0.3, 0.4) is 0 Å². The van der Waals surface area contributed by atoms with E-state index in [1.165, 1.54) is 17.5 Å². The third-order valence-corrected chi connectivity index (χ3v) is 7.91. The summed E-state index contributed by atoms with van der Waals surface area (Å²) >= 11 is 0. The Balaban J connectivity index is 1.13. The molecule has 39 heavy (non-hydrogen) atoms. The molecule has 0 spiro atoms. The average Bonchev–Trinajstić information content (AvgIpc) is 3.77. The van der Waals surface area contributed by atoms with Crippen molar-refractivity contribution in [3.63, 3.8) is 0 Å². The van der Waals surface area contributed by atoms with Gasteiger partial charge in [0.25, 0.3) is 5.91 Å². The molecule has 1 saturated carbocycles. The lowest BCUT2D eigenvalue weighted by Gasteiger charge is -2.31. The van der Waals surface area contributed by atoms with Gasteiger partial charge in [0.15, 0.2) is 0 Å². The lowest BCUT2D eigenvalue weighted by Crippen LogP contribution is -2.54. The number of nitrogens with zero attached hydrogens (tertiary/aromatic N) is 1. The third-order valence-electron chi connectivity index (χ3n) is 7.91. The van der Waals surface area contributed by atoms with E-state index in [0.29, 0.717) is 37.0 Å². The van der Waals surface area contributed by atoms with Crippen LogP contribution in [0.5, 0.6) is 0 Å². The van der Waals surface area contributed by atoms with Gasteiger partial charge in [0.1, 0.15) is 6.04 Å². The number of hydrogen-bond donors (Lipinski definition) is 3. The number of hydrogen-bond acceptors (Lipinski definition) is 4. The maximum atomic E-state index is 13.4. The second-order valence-electron chi connectivity index (χ2n) is 10.9. The summed E-state index contributed by atoms with van der Waals surface area (Å²) in [4.78, 5) is 28.4. The fraction of sp³-hybridized carbons (Fsp3) is 0.394. The highest BCUT2D eigenvalue weighted by atomic mass is 16.2. The molecule has 2 aliphatic rings. The van der Waals surface area contributed by atoms with Gasteiger partial charge < -0.3 is 20.9 Å². The van der Waals surface area contributed by atoms with Crippen LogP contribution < -0.4 is 16.0 Å². The van der Waals surface area contributed by atoms with Gasteiger partial charge in [0.05, 0.1) is 0 Å². The van der Waals surface area contributed by atoms with Gasteiger partial charge in [-0.3, -0.25) is 9.59 Å². The first-order valence-corrected chi connectivity index (χ1v) is 14.3. The first-order valence-electron chi connectivity index (χ1n) is 14.3. The Hall–Kier alpha value is -3.48. The zero-order chi connectivity index (χ0) is 27.0. The Morgan fingerprint density at radius 3 is 2.31 bits per heavy atom. The Kier molecular flexibility index (Phi) is 9.07. The minimum Gasteiger partial charge on any atom is -0.340 e. The summed E-state index contributed by atoms with van der Waals surface area (Å²) in [6.07, 6.45) is 3.69. The molecule has 2 amide bonds. The first-order chi connectivity index (χ1) is 19.1. The largest absolute Gasteiger partial charge is 0.340 e. The topological polar surface area (TPSA) is 73.5 Å². The van der Waals surface area contributed by atoms with E-state index < -0.39 is 6.04 Å². The summed E-state index contributed by atoms with van der Waals surface area (Å²) in [5, 5.41) is 10.0. The summed E-state index contributed by atoms with van der Waals surface area (Å²) in [7, 11) is 0. The van der Waals surface area contributed by atoms with E-state index >= 15 is 0 Å². The quantitative estimate of drug-likeness (QED) is 0.323. The van der Waals surface area contributed by atoms with Gasteiger partial charge in [-0.1, -0.05) is 72.3 Å². The van der Waals surface area contributed by atoms with E-state index in [2.05, 4.69) is 59.3 Å². The van der Waals surface area contributed by atoms with Crippen molar-refractivity contribution in [3.8, 4) is 11.1 Å².